The highest BCUT2D eigenvalue weighted by Crippen LogP contribution is 2.21. The Bertz CT molecular complexity index is 702. The summed E-state index contributed by atoms with van der Waals surface area (Å²) in [5.41, 5.74) is 2.38. The van der Waals surface area contributed by atoms with Gasteiger partial charge in [-0.25, -0.2) is 18.1 Å². The molecule has 7 heteroatoms. The second-order valence-electron chi connectivity index (χ2n) is 4.94. The lowest BCUT2D eigenvalue weighted by Crippen LogP contribution is -2.24. The minimum absolute atomic E-state index is 0.240. The molecule has 2 aromatic heterocycles. The maximum atomic E-state index is 12.1. The van der Waals surface area contributed by atoms with E-state index in [9.17, 15) is 8.42 Å². The van der Waals surface area contributed by atoms with Gasteiger partial charge in [-0.1, -0.05) is 6.07 Å². The first-order valence-electron chi connectivity index (χ1n) is 6.64. The molecule has 0 atom stereocenters. The molecular formula is C13H17N3O2S2. The van der Waals surface area contributed by atoms with Gasteiger partial charge in [0.05, 0.1) is 12.2 Å². The van der Waals surface area contributed by atoms with Crippen LogP contribution in [-0.4, -0.2) is 18.0 Å². The van der Waals surface area contributed by atoms with Gasteiger partial charge in [0.2, 0.25) is 10.0 Å². The molecule has 3 rings (SSSR count). The zero-order chi connectivity index (χ0) is 14.2. The third kappa shape index (κ3) is 2.53. The lowest BCUT2D eigenvalue weighted by Gasteiger charge is -2.11. The quantitative estimate of drug-likeness (QED) is 0.937. The van der Waals surface area contributed by atoms with Crippen LogP contribution in [0, 0.1) is 0 Å². The summed E-state index contributed by atoms with van der Waals surface area (Å²) in [5, 5.41) is 1.76. The van der Waals surface area contributed by atoms with E-state index in [0.717, 1.165) is 24.4 Å². The van der Waals surface area contributed by atoms with Gasteiger partial charge in [-0.2, -0.15) is 0 Å². The molecule has 0 aliphatic heterocycles. The highest BCUT2D eigenvalue weighted by atomic mass is 32.2. The van der Waals surface area contributed by atoms with Gasteiger partial charge in [0.25, 0.3) is 0 Å². The molecule has 0 fully saturated rings. The Labute approximate surface area is 122 Å². The molecule has 108 valence electrons. The lowest BCUT2D eigenvalue weighted by atomic mass is 10.0. The first-order chi connectivity index (χ1) is 9.58. The van der Waals surface area contributed by atoms with Crippen molar-refractivity contribution in [1.29, 1.82) is 0 Å². The summed E-state index contributed by atoms with van der Waals surface area (Å²) in [6.07, 6.45) is 4.40. The Morgan fingerprint density at radius 2 is 2.20 bits per heavy atom. The molecule has 1 N–H and O–H groups in total. The van der Waals surface area contributed by atoms with Crippen LogP contribution in [-0.2, 0) is 36.5 Å². The number of nitrogens with zero attached hydrogens (tertiary/aromatic N) is 2. The molecule has 0 amide bonds. The van der Waals surface area contributed by atoms with Gasteiger partial charge in [-0.05, 0) is 37.1 Å². The van der Waals surface area contributed by atoms with Crippen LogP contribution in [0.2, 0.25) is 0 Å². The Morgan fingerprint density at radius 1 is 1.40 bits per heavy atom. The summed E-state index contributed by atoms with van der Waals surface area (Å²) < 4.78 is 29.2. The molecule has 0 spiro atoms. The Hall–Kier alpha value is -1.18. The molecule has 0 unspecified atom stereocenters. The standard InChI is InChI=1S/C13H17N3O2S2/c1-16-11-6-3-2-5-10(11)15-12(16)9-14-20(17,18)13-7-4-8-19-13/h4,7-8,14H,2-3,5-6,9H2,1H3. The van der Waals surface area contributed by atoms with Crippen molar-refractivity contribution in [3.63, 3.8) is 0 Å². The van der Waals surface area contributed by atoms with Crippen LogP contribution in [0.4, 0.5) is 0 Å². The molecule has 0 saturated heterocycles. The molecule has 1 aliphatic carbocycles. The highest BCUT2D eigenvalue weighted by Gasteiger charge is 2.20. The van der Waals surface area contributed by atoms with Gasteiger partial charge >= 0.3 is 0 Å². The molecule has 20 heavy (non-hydrogen) atoms. The Balaban J connectivity index is 1.78. The first kappa shape index (κ1) is 13.8. The van der Waals surface area contributed by atoms with Crippen molar-refractivity contribution in [2.45, 2.75) is 36.4 Å². The number of hydrogen-bond acceptors (Lipinski definition) is 4. The van der Waals surface area contributed by atoms with Crippen molar-refractivity contribution in [2.75, 3.05) is 0 Å². The topological polar surface area (TPSA) is 64.0 Å². The maximum absolute atomic E-state index is 12.1. The van der Waals surface area contributed by atoms with Crippen molar-refractivity contribution in [3.05, 3.63) is 34.7 Å². The number of imidazole rings is 1. The molecular weight excluding hydrogens is 294 g/mol. The summed E-state index contributed by atoms with van der Waals surface area (Å²) in [7, 11) is -1.45. The number of rotatable bonds is 4. The average molecular weight is 311 g/mol. The molecule has 2 aromatic rings. The summed E-state index contributed by atoms with van der Waals surface area (Å²) in [4.78, 5) is 4.57. The van der Waals surface area contributed by atoms with Crippen LogP contribution in [0.1, 0.15) is 30.1 Å². The summed E-state index contributed by atoms with van der Waals surface area (Å²) >= 11 is 1.22. The summed E-state index contributed by atoms with van der Waals surface area (Å²) in [6.45, 7) is 0.240. The zero-order valence-electron chi connectivity index (χ0n) is 11.3. The fraction of sp³-hybridized carbons (Fsp3) is 0.462. The number of aryl methyl sites for hydroxylation is 1. The minimum Gasteiger partial charge on any atom is -0.334 e. The van der Waals surface area contributed by atoms with E-state index in [1.807, 2.05) is 11.6 Å². The zero-order valence-corrected chi connectivity index (χ0v) is 12.9. The van der Waals surface area contributed by atoms with Crippen LogP contribution >= 0.6 is 11.3 Å². The summed E-state index contributed by atoms with van der Waals surface area (Å²) in [6, 6.07) is 3.34. The van der Waals surface area contributed by atoms with E-state index >= 15 is 0 Å². The molecule has 1 aliphatic rings. The number of hydrogen-bond donors (Lipinski definition) is 1. The second kappa shape index (κ2) is 5.31. The van der Waals surface area contributed by atoms with Crippen LogP contribution in [0.5, 0.6) is 0 Å². The Kier molecular flexibility index (Phi) is 3.66. The largest absolute Gasteiger partial charge is 0.334 e. The van der Waals surface area contributed by atoms with E-state index in [1.165, 1.54) is 29.9 Å². The minimum atomic E-state index is -3.42. The average Bonchev–Trinajstić information content (AvgIpc) is 3.06. The smallest absolute Gasteiger partial charge is 0.250 e. The van der Waals surface area contributed by atoms with E-state index in [2.05, 4.69) is 9.71 Å². The van der Waals surface area contributed by atoms with E-state index in [-0.39, 0.29) is 6.54 Å². The predicted molar refractivity (Wildman–Crippen MR) is 78.2 cm³/mol. The number of fused-ring (bicyclic) bond motifs is 1. The fourth-order valence-corrected chi connectivity index (χ4v) is 4.56. The van der Waals surface area contributed by atoms with Crippen LogP contribution in [0.15, 0.2) is 21.7 Å². The predicted octanol–water partition coefficient (Wildman–Crippen LogP) is 1.84. The number of sulfonamides is 1. The lowest BCUT2D eigenvalue weighted by molar-refractivity contribution is 0.578. The number of aromatic nitrogens is 2. The molecule has 0 saturated carbocycles. The van der Waals surface area contributed by atoms with Gasteiger partial charge in [-0.3, -0.25) is 0 Å². The van der Waals surface area contributed by atoms with Crippen molar-refractivity contribution in [1.82, 2.24) is 14.3 Å². The van der Waals surface area contributed by atoms with Crippen molar-refractivity contribution < 1.29 is 8.42 Å². The molecule has 2 heterocycles. The Morgan fingerprint density at radius 3 is 2.90 bits per heavy atom. The first-order valence-corrected chi connectivity index (χ1v) is 9.01. The van der Waals surface area contributed by atoms with Gasteiger partial charge in [0, 0.05) is 12.7 Å². The van der Waals surface area contributed by atoms with Crippen molar-refractivity contribution in [3.8, 4) is 0 Å². The van der Waals surface area contributed by atoms with E-state index in [0.29, 0.717) is 4.21 Å². The van der Waals surface area contributed by atoms with Crippen molar-refractivity contribution >= 4 is 21.4 Å². The van der Waals surface area contributed by atoms with Crippen LogP contribution < -0.4 is 4.72 Å². The number of nitrogens with one attached hydrogen (secondary N) is 1. The molecule has 0 aromatic carbocycles. The SMILES string of the molecule is Cn1c(CNS(=O)(=O)c2cccs2)nc2c1CCCC2. The van der Waals surface area contributed by atoms with Gasteiger partial charge in [0.1, 0.15) is 10.0 Å². The maximum Gasteiger partial charge on any atom is 0.250 e. The fourth-order valence-electron chi connectivity index (χ4n) is 2.55. The van der Waals surface area contributed by atoms with Gasteiger partial charge in [0.15, 0.2) is 0 Å². The summed E-state index contributed by atoms with van der Waals surface area (Å²) in [5.74, 6) is 0.789. The second-order valence-corrected chi connectivity index (χ2v) is 7.89. The van der Waals surface area contributed by atoms with Crippen LogP contribution in [0.3, 0.4) is 0 Å². The monoisotopic (exact) mass is 311 g/mol. The third-order valence-corrected chi connectivity index (χ3v) is 6.45. The van der Waals surface area contributed by atoms with Gasteiger partial charge < -0.3 is 4.57 Å². The molecule has 0 radical (unpaired) electrons. The highest BCUT2D eigenvalue weighted by molar-refractivity contribution is 7.91. The van der Waals surface area contributed by atoms with Gasteiger partial charge in [-0.15, -0.1) is 11.3 Å². The third-order valence-electron chi connectivity index (χ3n) is 3.65. The van der Waals surface area contributed by atoms with E-state index < -0.39 is 10.0 Å². The van der Waals surface area contributed by atoms with E-state index in [1.54, 1.807) is 17.5 Å². The van der Waals surface area contributed by atoms with E-state index in [4.69, 9.17) is 0 Å². The molecule has 5 nitrogen and oxygen atoms in total. The normalized spacial score (nSPS) is 15.2. The molecule has 0 bridgehead atoms. The number of thiophene rings is 1. The van der Waals surface area contributed by atoms with Crippen molar-refractivity contribution in [2.24, 2.45) is 7.05 Å². The van der Waals surface area contributed by atoms with Crippen LogP contribution in [0.25, 0.3) is 0 Å².